The molecule has 1 aromatic carbocycles. The van der Waals surface area contributed by atoms with E-state index in [-0.39, 0.29) is 12.3 Å². The summed E-state index contributed by atoms with van der Waals surface area (Å²) in [6, 6.07) is 5.58. The molecule has 2 N–H and O–H groups in total. The summed E-state index contributed by atoms with van der Waals surface area (Å²) in [6.07, 6.45) is -4.65. The first kappa shape index (κ1) is 18.1. The first-order valence-electron chi connectivity index (χ1n) is 5.56. The first-order valence-corrected chi connectivity index (χ1v) is 5.56. The van der Waals surface area contributed by atoms with Crippen molar-refractivity contribution in [3.63, 3.8) is 0 Å². The second-order valence-corrected chi connectivity index (χ2v) is 2.40. The van der Waals surface area contributed by atoms with Crippen molar-refractivity contribution in [1.29, 1.82) is 0 Å². The Kier molecular flexibility index (Phi) is 10.6. The molecule has 0 amide bonds. The SMILES string of the molecule is CC.CC.NCc1cccc(OC(F)(F)F)c1. The summed E-state index contributed by atoms with van der Waals surface area (Å²) in [5, 5.41) is 0. The molecule has 0 unspecified atom stereocenters. The van der Waals surface area contributed by atoms with Gasteiger partial charge in [-0.15, -0.1) is 13.2 Å². The number of ether oxygens (including phenoxy) is 1. The lowest BCUT2D eigenvalue weighted by Crippen LogP contribution is -2.17. The van der Waals surface area contributed by atoms with E-state index in [1.807, 2.05) is 27.7 Å². The van der Waals surface area contributed by atoms with Crippen LogP contribution in [0.2, 0.25) is 0 Å². The maximum Gasteiger partial charge on any atom is 0.573 e. The standard InChI is InChI=1S/C8H8F3NO.2C2H6/c9-8(10,11)13-7-3-1-2-6(4-7)5-12;2*1-2/h1-4H,5,12H2;2*1-2H3. The molecule has 0 saturated carbocycles. The summed E-state index contributed by atoms with van der Waals surface area (Å²) in [6.45, 7) is 8.19. The molecular weight excluding hydrogens is 231 g/mol. The Bertz CT molecular complexity index is 287. The van der Waals surface area contributed by atoms with E-state index in [2.05, 4.69) is 4.74 Å². The molecule has 0 bridgehead atoms. The van der Waals surface area contributed by atoms with Crippen molar-refractivity contribution in [3.8, 4) is 5.75 Å². The van der Waals surface area contributed by atoms with Gasteiger partial charge in [-0.05, 0) is 17.7 Å². The predicted molar refractivity (Wildman–Crippen MR) is 63.7 cm³/mol. The summed E-state index contributed by atoms with van der Waals surface area (Å²) in [7, 11) is 0. The minimum atomic E-state index is -4.65. The molecule has 0 aliphatic carbocycles. The van der Waals surface area contributed by atoms with E-state index >= 15 is 0 Å². The van der Waals surface area contributed by atoms with E-state index in [0.29, 0.717) is 5.56 Å². The highest BCUT2D eigenvalue weighted by molar-refractivity contribution is 5.28. The van der Waals surface area contributed by atoms with Crippen LogP contribution in [0.1, 0.15) is 33.3 Å². The zero-order chi connectivity index (χ0) is 13.9. The second kappa shape index (κ2) is 9.96. The minimum Gasteiger partial charge on any atom is -0.406 e. The fourth-order valence-corrected chi connectivity index (χ4v) is 0.870. The predicted octanol–water partition coefficient (Wildman–Crippen LogP) is 4.10. The number of nitrogens with two attached hydrogens (primary N) is 1. The monoisotopic (exact) mass is 251 g/mol. The number of hydrogen-bond donors (Lipinski definition) is 1. The Hall–Kier alpha value is -1.23. The van der Waals surface area contributed by atoms with Crippen LogP contribution in [0.25, 0.3) is 0 Å². The number of rotatable bonds is 2. The van der Waals surface area contributed by atoms with Gasteiger partial charge in [0.25, 0.3) is 0 Å². The van der Waals surface area contributed by atoms with Crippen LogP contribution in [0.3, 0.4) is 0 Å². The average molecular weight is 251 g/mol. The molecule has 5 heteroatoms. The molecule has 0 saturated heterocycles. The normalized spacial score (nSPS) is 9.41. The lowest BCUT2D eigenvalue weighted by molar-refractivity contribution is -0.274. The van der Waals surface area contributed by atoms with Crippen LogP contribution in [0, 0.1) is 0 Å². The minimum absolute atomic E-state index is 0.190. The Morgan fingerprint density at radius 3 is 2.06 bits per heavy atom. The molecule has 1 aromatic rings. The third kappa shape index (κ3) is 9.68. The molecule has 1 rings (SSSR count). The van der Waals surface area contributed by atoms with Crippen LogP contribution in [-0.2, 0) is 6.54 Å². The Balaban J connectivity index is 0. The zero-order valence-corrected chi connectivity index (χ0v) is 10.6. The van der Waals surface area contributed by atoms with Crippen LogP contribution >= 0.6 is 0 Å². The molecule has 0 spiro atoms. The molecular formula is C12H20F3NO. The summed E-state index contributed by atoms with van der Waals surface area (Å²) < 4.78 is 38.9. The van der Waals surface area contributed by atoms with Crippen molar-refractivity contribution in [2.45, 2.75) is 40.6 Å². The molecule has 17 heavy (non-hydrogen) atoms. The van der Waals surface area contributed by atoms with Gasteiger partial charge >= 0.3 is 6.36 Å². The molecule has 0 atom stereocenters. The van der Waals surface area contributed by atoms with Crippen LogP contribution in [0.4, 0.5) is 13.2 Å². The highest BCUT2D eigenvalue weighted by atomic mass is 19.4. The third-order valence-electron chi connectivity index (χ3n) is 1.37. The van der Waals surface area contributed by atoms with Gasteiger partial charge in [0.05, 0.1) is 0 Å². The van der Waals surface area contributed by atoms with Crippen molar-refractivity contribution in [1.82, 2.24) is 0 Å². The van der Waals surface area contributed by atoms with E-state index in [0.717, 1.165) is 0 Å². The molecule has 0 aromatic heterocycles. The van der Waals surface area contributed by atoms with Gasteiger partial charge in [0, 0.05) is 6.54 Å². The Morgan fingerprint density at radius 2 is 1.65 bits per heavy atom. The largest absolute Gasteiger partial charge is 0.573 e. The maximum absolute atomic E-state index is 11.7. The summed E-state index contributed by atoms with van der Waals surface area (Å²) in [4.78, 5) is 0. The lowest BCUT2D eigenvalue weighted by Gasteiger charge is -2.09. The fourth-order valence-electron chi connectivity index (χ4n) is 0.870. The Labute approximate surface area is 101 Å². The van der Waals surface area contributed by atoms with Gasteiger partial charge < -0.3 is 10.5 Å². The second-order valence-electron chi connectivity index (χ2n) is 2.40. The van der Waals surface area contributed by atoms with Crippen molar-refractivity contribution >= 4 is 0 Å². The van der Waals surface area contributed by atoms with E-state index in [1.165, 1.54) is 18.2 Å². The highest BCUT2D eigenvalue weighted by Gasteiger charge is 2.30. The molecule has 0 heterocycles. The number of hydrogen-bond acceptors (Lipinski definition) is 2. The van der Waals surface area contributed by atoms with Gasteiger partial charge in [0.15, 0.2) is 0 Å². The topological polar surface area (TPSA) is 35.2 Å². The van der Waals surface area contributed by atoms with Crippen molar-refractivity contribution < 1.29 is 17.9 Å². The highest BCUT2D eigenvalue weighted by Crippen LogP contribution is 2.22. The van der Waals surface area contributed by atoms with Gasteiger partial charge in [-0.3, -0.25) is 0 Å². The van der Waals surface area contributed by atoms with Crippen LogP contribution < -0.4 is 10.5 Å². The average Bonchev–Trinajstić information content (AvgIpc) is 2.32. The molecule has 2 nitrogen and oxygen atoms in total. The Morgan fingerprint density at radius 1 is 1.12 bits per heavy atom. The third-order valence-corrected chi connectivity index (χ3v) is 1.37. The van der Waals surface area contributed by atoms with Crippen molar-refractivity contribution in [2.24, 2.45) is 5.73 Å². The first-order chi connectivity index (χ1) is 8.01. The molecule has 0 aliphatic rings. The quantitative estimate of drug-likeness (QED) is 0.859. The molecule has 100 valence electrons. The van der Waals surface area contributed by atoms with Gasteiger partial charge in [-0.2, -0.15) is 0 Å². The summed E-state index contributed by atoms with van der Waals surface area (Å²) >= 11 is 0. The number of alkyl halides is 3. The molecule has 0 fully saturated rings. The number of halogens is 3. The van der Waals surface area contributed by atoms with E-state index in [9.17, 15) is 13.2 Å². The fraction of sp³-hybridized carbons (Fsp3) is 0.500. The van der Waals surface area contributed by atoms with Gasteiger partial charge in [-0.1, -0.05) is 39.8 Å². The zero-order valence-electron chi connectivity index (χ0n) is 10.6. The lowest BCUT2D eigenvalue weighted by atomic mass is 10.2. The van der Waals surface area contributed by atoms with Crippen LogP contribution in [0.5, 0.6) is 5.75 Å². The van der Waals surface area contributed by atoms with Crippen LogP contribution in [-0.4, -0.2) is 6.36 Å². The smallest absolute Gasteiger partial charge is 0.406 e. The maximum atomic E-state index is 11.7. The summed E-state index contributed by atoms with van der Waals surface area (Å²) in [5.41, 5.74) is 5.84. The van der Waals surface area contributed by atoms with Crippen molar-refractivity contribution in [2.75, 3.05) is 0 Å². The van der Waals surface area contributed by atoms with Gasteiger partial charge in [-0.25, -0.2) is 0 Å². The van der Waals surface area contributed by atoms with E-state index in [4.69, 9.17) is 5.73 Å². The molecule has 0 aliphatic heterocycles. The van der Waals surface area contributed by atoms with E-state index < -0.39 is 6.36 Å². The van der Waals surface area contributed by atoms with Crippen molar-refractivity contribution in [3.05, 3.63) is 29.8 Å². The van der Waals surface area contributed by atoms with E-state index in [1.54, 1.807) is 6.07 Å². The number of benzene rings is 1. The summed E-state index contributed by atoms with van der Waals surface area (Å²) in [5.74, 6) is -0.240. The van der Waals surface area contributed by atoms with Crippen LogP contribution in [0.15, 0.2) is 24.3 Å². The molecule has 0 radical (unpaired) electrons. The van der Waals surface area contributed by atoms with Gasteiger partial charge in [0.1, 0.15) is 5.75 Å². The van der Waals surface area contributed by atoms with Gasteiger partial charge in [0.2, 0.25) is 0 Å².